The highest BCUT2D eigenvalue weighted by atomic mass is 127. The Kier molecular flexibility index (Phi) is 5.19. The molecule has 2 aliphatic rings. The van der Waals surface area contributed by atoms with Crippen molar-refractivity contribution in [2.24, 2.45) is 11.8 Å². The van der Waals surface area contributed by atoms with Crippen LogP contribution >= 0.6 is 22.6 Å². The number of aromatic amines is 1. The number of nitrogens with zero attached hydrogens (tertiary/aromatic N) is 1. The summed E-state index contributed by atoms with van der Waals surface area (Å²) in [6.45, 7) is 7.10. The normalized spacial score (nSPS) is 25.9. The van der Waals surface area contributed by atoms with Crippen LogP contribution in [0.2, 0.25) is 5.04 Å². The van der Waals surface area contributed by atoms with Crippen LogP contribution in [0.5, 0.6) is 0 Å². The summed E-state index contributed by atoms with van der Waals surface area (Å²) in [4.78, 5) is 0. The Bertz CT molecular complexity index is 963. The molecule has 0 amide bonds. The topological polar surface area (TPSA) is 37.9 Å². The first kappa shape index (κ1) is 20.5. The molecular weight excluding hydrogens is 499 g/mol. The Labute approximate surface area is 193 Å². The van der Waals surface area contributed by atoms with Crippen LogP contribution in [-0.2, 0) is 4.43 Å². The number of hydrogen-bond acceptors (Lipinski definition) is 2. The zero-order valence-electron chi connectivity index (χ0n) is 17.8. The van der Waals surface area contributed by atoms with Gasteiger partial charge in [0.15, 0.2) is 0 Å². The summed E-state index contributed by atoms with van der Waals surface area (Å²) in [6, 6.07) is 24.2. The number of halogens is 1. The van der Waals surface area contributed by atoms with Crippen LogP contribution in [0.3, 0.4) is 0 Å². The SMILES string of the molecule is CC(C)(C)[Si](OC1C[C@@H]2C(c3cc(I)n[nH]3)[C@@H]2C1)(c1ccccc1)c1ccccc1. The van der Waals surface area contributed by atoms with Gasteiger partial charge in [-0.2, -0.15) is 5.10 Å². The van der Waals surface area contributed by atoms with Gasteiger partial charge in [-0.05, 0) is 68.7 Å². The van der Waals surface area contributed by atoms with Gasteiger partial charge in [-0.3, -0.25) is 5.10 Å². The molecule has 1 heterocycles. The monoisotopic (exact) mass is 528 g/mol. The maximum Gasteiger partial charge on any atom is 0.261 e. The Morgan fingerprint density at radius 1 is 0.933 bits per heavy atom. The van der Waals surface area contributed by atoms with E-state index < -0.39 is 8.32 Å². The van der Waals surface area contributed by atoms with Gasteiger partial charge in [-0.25, -0.2) is 0 Å². The minimum atomic E-state index is -2.44. The van der Waals surface area contributed by atoms with Crippen LogP contribution in [0.25, 0.3) is 0 Å². The van der Waals surface area contributed by atoms with Crippen LogP contribution in [0, 0.1) is 15.5 Å². The van der Waals surface area contributed by atoms with Gasteiger partial charge >= 0.3 is 0 Å². The highest BCUT2D eigenvalue weighted by Gasteiger charge is 2.60. The molecule has 0 bridgehead atoms. The van der Waals surface area contributed by atoms with Crippen LogP contribution in [0.4, 0.5) is 0 Å². The highest BCUT2D eigenvalue weighted by molar-refractivity contribution is 14.1. The van der Waals surface area contributed by atoms with Crippen molar-refractivity contribution in [2.45, 2.75) is 50.7 Å². The Morgan fingerprint density at radius 2 is 1.47 bits per heavy atom. The molecule has 0 radical (unpaired) electrons. The van der Waals surface area contributed by atoms with E-state index in [0.29, 0.717) is 12.0 Å². The summed E-state index contributed by atoms with van der Waals surface area (Å²) < 4.78 is 8.40. The van der Waals surface area contributed by atoms with Gasteiger partial charge in [0.2, 0.25) is 0 Å². The maximum absolute atomic E-state index is 7.34. The van der Waals surface area contributed by atoms with Crippen LogP contribution in [0.1, 0.15) is 45.2 Å². The average Bonchev–Trinajstić information content (AvgIpc) is 3.05. The van der Waals surface area contributed by atoms with Crippen molar-refractivity contribution in [1.29, 1.82) is 0 Å². The van der Waals surface area contributed by atoms with Crippen LogP contribution in [-0.4, -0.2) is 24.6 Å². The van der Waals surface area contributed by atoms with Gasteiger partial charge < -0.3 is 4.43 Å². The molecule has 0 spiro atoms. The summed E-state index contributed by atoms with van der Waals surface area (Å²) in [7, 11) is -2.44. The first-order valence-electron chi connectivity index (χ1n) is 10.9. The van der Waals surface area contributed by atoms with Gasteiger partial charge in [0.25, 0.3) is 8.32 Å². The molecule has 0 saturated heterocycles. The molecule has 2 aromatic carbocycles. The van der Waals surface area contributed by atoms with Gasteiger partial charge in [0.1, 0.15) is 3.70 Å². The van der Waals surface area contributed by atoms with Gasteiger partial charge in [0, 0.05) is 17.7 Å². The lowest BCUT2D eigenvalue weighted by Gasteiger charge is -2.45. The van der Waals surface area contributed by atoms with E-state index in [1.807, 2.05) is 0 Å². The molecule has 5 heteroatoms. The molecule has 2 saturated carbocycles. The molecule has 30 heavy (non-hydrogen) atoms. The summed E-state index contributed by atoms with van der Waals surface area (Å²) >= 11 is 2.29. The van der Waals surface area contributed by atoms with Crippen LogP contribution in [0.15, 0.2) is 66.7 Å². The Hall–Kier alpha value is -1.44. The lowest BCUT2D eigenvalue weighted by Crippen LogP contribution is -2.67. The second-order valence-electron chi connectivity index (χ2n) is 9.87. The zero-order chi connectivity index (χ0) is 20.9. The van der Waals surface area contributed by atoms with Crippen molar-refractivity contribution in [3.05, 3.63) is 76.1 Å². The molecular formula is C25H29IN2OSi. The fraction of sp³-hybridized carbons (Fsp3) is 0.400. The number of benzene rings is 2. The lowest BCUT2D eigenvalue weighted by molar-refractivity contribution is 0.177. The van der Waals surface area contributed by atoms with E-state index in [-0.39, 0.29) is 5.04 Å². The summed E-state index contributed by atoms with van der Waals surface area (Å²) in [6.07, 6.45) is 2.66. The molecule has 2 aliphatic carbocycles. The molecule has 5 rings (SSSR count). The van der Waals surface area contributed by atoms with Crippen molar-refractivity contribution >= 4 is 41.3 Å². The van der Waals surface area contributed by atoms with E-state index >= 15 is 0 Å². The van der Waals surface area contributed by atoms with E-state index in [4.69, 9.17) is 4.43 Å². The van der Waals surface area contributed by atoms with Crippen molar-refractivity contribution in [3.8, 4) is 0 Å². The minimum Gasteiger partial charge on any atom is -0.404 e. The lowest BCUT2D eigenvalue weighted by atomic mass is 10.1. The quantitative estimate of drug-likeness (QED) is 0.371. The van der Waals surface area contributed by atoms with Crippen molar-refractivity contribution < 1.29 is 4.43 Å². The molecule has 1 aromatic heterocycles. The standard InChI is InChI=1S/C25H29IN2OSi/c1-25(2,3)30(18-10-6-4-7-11-18,19-12-8-5-9-13-19)29-17-14-20-21(15-17)24(20)22-16-23(26)28-27-22/h4-13,16-17,20-21,24H,14-15H2,1-3H3,(H,27,28)/t17?,20-,21+,24?. The number of nitrogens with one attached hydrogen (secondary N) is 1. The molecule has 2 fully saturated rings. The Balaban J connectivity index is 1.46. The van der Waals surface area contributed by atoms with E-state index in [0.717, 1.165) is 28.4 Å². The largest absolute Gasteiger partial charge is 0.404 e. The Morgan fingerprint density at radius 3 is 1.90 bits per heavy atom. The zero-order valence-corrected chi connectivity index (χ0v) is 21.0. The predicted molar refractivity (Wildman–Crippen MR) is 133 cm³/mol. The average molecular weight is 529 g/mol. The molecule has 3 nitrogen and oxygen atoms in total. The van der Waals surface area contributed by atoms with Gasteiger partial charge in [-0.15, -0.1) is 0 Å². The molecule has 156 valence electrons. The number of hydrogen-bond donors (Lipinski definition) is 1. The van der Waals surface area contributed by atoms with Gasteiger partial charge in [0.05, 0.1) is 0 Å². The fourth-order valence-electron chi connectivity index (χ4n) is 5.77. The third kappa shape index (κ3) is 3.39. The number of aromatic nitrogens is 2. The van der Waals surface area contributed by atoms with E-state index in [2.05, 4.69) is 120 Å². The minimum absolute atomic E-state index is 0.0430. The summed E-state index contributed by atoms with van der Waals surface area (Å²) in [5.74, 6) is 2.13. The van der Waals surface area contributed by atoms with E-state index in [1.165, 1.54) is 16.1 Å². The summed E-state index contributed by atoms with van der Waals surface area (Å²) in [5, 5.41) is 10.4. The maximum atomic E-state index is 7.34. The number of fused-ring (bicyclic) bond motifs is 1. The number of rotatable bonds is 5. The molecule has 0 aliphatic heterocycles. The number of H-pyrrole nitrogens is 1. The second-order valence-corrected chi connectivity index (χ2v) is 15.2. The first-order chi connectivity index (χ1) is 14.4. The predicted octanol–water partition coefficient (Wildman–Crippen LogP) is 5.08. The molecule has 4 atom stereocenters. The van der Waals surface area contributed by atoms with Crippen LogP contribution < -0.4 is 10.4 Å². The van der Waals surface area contributed by atoms with Crippen molar-refractivity contribution in [3.63, 3.8) is 0 Å². The molecule has 3 aromatic rings. The second kappa shape index (κ2) is 7.60. The van der Waals surface area contributed by atoms with Crippen molar-refractivity contribution in [1.82, 2.24) is 10.2 Å². The third-order valence-corrected chi connectivity index (χ3v) is 12.7. The smallest absolute Gasteiger partial charge is 0.261 e. The first-order valence-corrected chi connectivity index (χ1v) is 13.9. The van der Waals surface area contributed by atoms with Crippen molar-refractivity contribution in [2.75, 3.05) is 0 Å². The molecule has 1 N–H and O–H groups in total. The third-order valence-electron chi connectivity index (χ3n) is 7.09. The van der Waals surface area contributed by atoms with Gasteiger partial charge in [-0.1, -0.05) is 81.4 Å². The fourth-order valence-corrected chi connectivity index (χ4v) is 10.9. The van der Waals surface area contributed by atoms with E-state index in [1.54, 1.807) is 0 Å². The van der Waals surface area contributed by atoms with E-state index in [9.17, 15) is 0 Å². The highest BCUT2D eigenvalue weighted by Crippen LogP contribution is 2.63. The summed E-state index contributed by atoms with van der Waals surface area (Å²) in [5.41, 5.74) is 1.32. The molecule has 2 unspecified atom stereocenters.